The molecular weight excluding hydrogens is 294 g/mol. The normalized spacial score (nSPS) is 53.3. The highest BCUT2D eigenvalue weighted by Gasteiger charge is 2.62. The van der Waals surface area contributed by atoms with Gasteiger partial charge in [0.15, 0.2) is 0 Å². The molecule has 4 rings (SSSR count). The summed E-state index contributed by atoms with van der Waals surface area (Å²) in [4.78, 5) is 14.4. The van der Waals surface area contributed by atoms with Crippen LogP contribution in [0.2, 0.25) is 0 Å². The third-order valence-electron chi connectivity index (χ3n) is 9.10. The predicted molar refractivity (Wildman–Crippen MR) is 98.5 cm³/mol. The minimum Gasteiger partial charge on any atom is -0.342 e. The summed E-state index contributed by atoms with van der Waals surface area (Å²) in [7, 11) is 2.07. The van der Waals surface area contributed by atoms with Crippen molar-refractivity contribution in [1.29, 1.82) is 0 Å². The number of carbonyl (C=O) groups is 1. The average Bonchev–Trinajstić information content (AvgIpc) is 2.74. The van der Waals surface area contributed by atoms with E-state index in [-0.39, 0.29) is 0 Å². The maximum Gasteiger partial charge on any atom is 0.222 e. The van der Waals surface area contributed by atoms with Crippen molar-refractivity contribution in [3.63, 3.8) is 0 Å². The molecule has 3 unspecified atom stereocenters. The van der Waals surface area contributed by atoms with E-state index in [2.05, 4.69) is 46.6 Å². The molecule has 0 aromatic carbocycles. The first-order valence-electron chi connectivity index (χ1n) is 10.3. The van der Waals surface area contributed by atoms with Gasteiger partial charge in [0.05, 0.1) is 0 Å². The third kappa shape index (κ3) is 2.16. The molecule has 4 aliphatic rings. The van der Waals surface area contributed by atoms with Crippen molar-refractivity contribution in [3.8, 4) is 0 Å². The number of hydrogen-bond acceptors (Lipinski definition) is 1. The number of amides is 1. The van der Waals surface area contributed by atoms with Gasteiger partial charge in [-0.15, -0.1) is 0 Å². The molecule has 0 aromatic heterocycles. The first kappa shape index (κ1) is 16.9. The summed E-state index contributed by atoms with van der Waals surface area (Å²) >= 11 is 0. The molecule has 136 valence electrons. The fourth-order valence-electron chi connectivity index (χ4n) is 8.24. The van der Waals surface area contributed by atoms with Crippen LogP contribution in [0, 0.1) is 39.9 Å². The summed E-state index contributed by atoms with van der Waals surface area (Å²) < 4.78 is 0. The van der Waals surface area contributed by atoms with Gasteiger partial charge in [-0.1, -0.05) is 34.6 Å². The molecule has 1 heterocycles. The van der Waals surface area contributed by atoms with E-state index in [1.54, 1.807) is 0 Å². The lowest BCUT2D eigenvalue weighted by atomic mass is 9.45. The second kappa shape index (κ2) is 5.01. The Morgan fingerprint density at radius 3 is 2.50 bits per heavy atom. The Morgan fingerprint density at radius 2 is 1.79 bits per heavy atom. The molecule has 3 aliphatic carbocycles. The lowest BCUT2D eigenvalue weighted by Crippen LogP contribution is -2.62. The molecule has 4 fully saturated rings. The largest absolute Gasteiger partial charge is 0.342 e. The molecule has 0 bridgehead atoms. The lowest BCUT2D eigenvalue weighted by molar-refractivity contribution is -0.164. The van der Waals surface area contributed by atoms with E-state index in [9.17, 15) is 4.79 Å². The summed E-state index contributed by atoms with van der Waals surface area (Å²) in [5.74, 6) is 3.76. The highest BCUT2D eigenvalue weighted by atomic mass is 16.2. The molecule has 1 aliphatic heterocycles. The molecule has 0 spiro atoms. The van der Waals surface area contributed by atoms with Gasteiger partial charge in [-0.05, 0) is 78.4 Å². The summed E-state index contributed by atoms with van der Waals surface area (Å²) in [5.41, 5.74) is 1.44. The Labute approximate surface area is 148 Å². The molecule has 2 heteroatoms. The lowest BCUT2D eigenvalue weighted by Gasteiger charge is -2.63. The fraction of sp³-hybridized carbons (Fsp3) is 0.955. The minimum atomic E-state index is 0.355. The maximum atomic E-state index is 12.3. The van der Waals surface area contributed by atoms with Gasteiger partial charge in [0.25, 0.3) is 0 Å². The van der Waals surface area contributed by atoms with Crippen LogP contribution in [-0.4, -0.2) is 23.9 Å². The zero-order valence-corrected chi connectivity index (χ0v) is 16.7. The zero-order chi connectivity index (χ0) is 17.5. The number of carbonyl (C=O) groups excluding carboxylic acids is 1. The standard InChI is InChI=1S/C22H37NO/c1-14-11-17-22(5,10-8-18(24)23(17)6)15-7-9-21(4)13-20(2,3)12-16(21)19(14)15/h14-17,19H,7-13H2,1-6H3/t14-,15?,16?,17+,19?,21+,22+/m0/s1. The molecule has 1 saturated heterocycles. The topological polar surface area (TPSA) is 20.3 Å². The van der Waals surface area contributed by atoms with Gasteiger partial charge in [-0.2, -0.15) is 0 Å². The first-order valence-corrected chi connectivity index (χ1v) is 10.3. The van der Waals surface area contributed by atoms with Crippen molar-refractivity contribution < 1.29 is 4.79 Å². The molecule has 24 heavy (non-hydrogen) atoms. The number of fused-ring (bicyclic) bond motifs is 5. The molecule has 3 saturated carbocycles. The van der Waals surface area contributed by atoms with Crippen molar-refractivity contribution in [3.05, 3.63) is 0 Å². The fourth-order valence-corrected chi connectivity index (χ4v) is 8.24. The van der Waals surface area contributed by atoms with E-state index in [4.69, 9.17) is 0 Å². The van der Waals surface area contributed by atoms with Crippen LogP contribution in [0.15, 0.2) is 0 Å². The average molecular weight is 332 g/mol. The summed E-state index contributed by atoms with van der Waals surface area (Å²) in [6, 6.07) is 0.480. The van der Waals surface area contributed by atoms with Gasteiger partial charge in [0, 0.05) is 19.5 Å². The van der Waals surface area contributed by atoms with E-state index >= 15 is 0 Å². The molecule has 2 nitrogen and oxygen atoms in total. The minimum absolute atomic E-state index is 0.355. The summed E-state index contributed by atoms with van der Waals surface area (Å²) in [6.45, 7) is 12.6. The van der Waals surface area contributed by atoms with Crippen LogP contribution in [0.1, 0.15) is 79.6 Å². The summed E-state index contributed by atoms with van der Waals surface area (Å²) in [6.07, 6.45) is 8.77. The van der Waals surface area contributed by atoms with Gasteiger partial charge < -0.3 is 4.90 Å². The SMILES string of the molecule is C[C@H]1C[C@H]2N(C)C(=O)CC[C@]2(C)C2CC[C@]3(C)CC(C)(C)CC3C21. The van der Waals surface area contributed by atoms with Crippen molar-refractivity contribution >= 4 is 5.91 Å². The highest BCUT2D eigenvalue weighted by molar-refractivity contribution is 5.77. The first-order chi connectivity index (χ1) is 11.1. The third-order valence-corrected chi connectivity index (χ3v) is 9.10. The van der Waals surface area contributed by atoms with E-state index in [0.29, 0.717) is 28.2 Å². The smallest absolute Gasteiger partial charge is 0.222 e. The molecule has 0 aromatic rings. The van der Waals surface area contributed by atoms with Crippen molar-refractivity contribution in [2.24, 2.45) is 39.9 Å². The molecule has 0 radical (unpaired) electrons. The Balaban J connectivity index is 1.70. The highest BCUT2D eigenvalue weighted by Crippen LogP contribution is 2.68. The van der Waals surface area contributed by atoms with Crippen LogP contribution in [0.3, 0.4) is 0 Å². The molecule has 1 amide bonds. The van der Waals surface area contributed by atoms with Gasteiger partial charge in [-0.25, -0.2) is 0 Å². The Kier molecular flexibility index (Phi) is 3.53. The zero-order valence-electron chi connectivity index (χ0n) is 16.7. The number of rotatable bonds is 0. The monoisotopic (exact) mass is 331 g/mol. The van der Waals surface area contributed by atoms with Gasteiger partial charge in [-0.3, -0.25) is 4.79 Å². The van der Waals surface area contributed by atoms with Crippen molar-refractivity contribution in [2.75, 3.05) is 7.05 Å². The Hall–Kier alpha value is -0.530. The van der Waals surface area contributed by atoms with Crippen LogP contribution in [0.5, 0.6) is 0 Å². The van der Waals surface area contributed by atoms with Crippen molar-refractivity contribution in [1.82, 2.24) is 4.90 Å². The number of hydrogen-bond donors (Lipinski definition) is 0. The van der Waals surface area contributed by atoms with Gasteiger partial charge >= 0.3 is 0 Å². The Bertz CT molecular complexity index is 554. The van der Waals surface area contributed by atoms with E-state index in [1.807, 2.05) is 0 Å². The van der Waals surface area contributed by atoms with E-state index < -0.39 is 0 Å². The van der Waals surface area contributed by atoms with Crippen LogP contribution < -0.4 is 0 Å². The number of nitrogens with zero attached hydrogens (tertiary/aromatic N) is 1. The van der Waals surface area contributed by atoms with Crippen LogP contribution in [-0.2, 0) is 4.79 Å². The van der Waals surface area contributed by atoms with Crippen LogP contribution in [0.25, 0.3) is 0 Å². The van der Waals surface area contributed by atoms with E-state index in [0.717, 1.165) is 36.5 Å². The van der Waals surface area contributed by atoms with Gasteiger partial charge in [0.2, 0.25) is 5.91 Å². The predicted octanol–water partition coefficient (Wildman–Crippen LogP) is 5.12. The van der Waals surface area contributed by atoms with E-state index in [1.165, 1.54) is 32.1 Å². The molecular formula is C22H37NO. The van der Waals surface area contributed by atoms with Crippen LogP contribution in [0.4, 0.5) is 0 Å². The maximum absolute atomic E-state index is 12.3. The second-order valence-corrected chi connectivity index (χ2v) is 11.3. The second-order valence-electron chi connectivity index (χ2n) is 11.3. The molecule has 0 N–H and O–H groups in total. The quantitative estimate of drug-likeness (QED) is 0.603. The molecule has 7 atom stereocenters. The van der Waals surface area contributed by atoms with Crippen molar-refractivity contribution in [2.45, 2.75) is 85.6 Å². The summed E-state index contributed by atoms with van der Waals surface area (Å²) in [5, 5.41) is 0. The number of likely N-dealkylation sites (tertiary alicyclic amines) is 1. The van der Waals surface area contributed by atoms with Crippen LogP contribution >= 0.6 is 0 Å². The van der Waals surface area contributed by atoms with Gasteiger partial charge in [0.1, 0.15) is 0 Å². The Morgan fingerprint density at radius 1 is 1.08 bits per heavy atom. The number of piperidine rings is 1.